The van der Waals surface area contributed by atoms with Gasteiger partial charge in [0.1, 0.15) is 5.84 Å². The Bertz CT molecular complexity index is 896. The van der Waals surface area contributed by atoms with Crippen LogP contribution in [0.15, 0.2) is 66.0 Å². The standard InChI is InChI=1S/C26H34N4/c1-6-10-24-21(3)29(5)20(2)19-30(24)25(28-4)18-26(14-7-8-15-26)23-12-9-11-22(17-23)13-16-27/h6,9-12,17,20H,1,3,7-8,13-15,18-19H2,2,4-5H3/b24-10-,28-25?. The van der Waals surface area contributed by atoms with Crippen molar-refractivity contribution in [3.8, 4) is 6.07 Å². The third kappa shape index (κ3) is 4.21. The molecule has 1 aliphatic carbocycles. The Balaban J connectivity index is 1.97. The minimum atomic E-state index is 0.0769. The molecule has 1 aliphatic heterocycles. The summed E-state index contributed by atoms with van der Waals surface area (Å²) >= 11 is 0. The normalized spacial score (nSPS) is 23.0. The third-order valence-electron chi connectivity index (χ3n) is 6.85. The summed E-state index contributed by atoms with van der Waals surface area (Å²) in [5, 5.41) is 9.14. The molecule has 0 N–H and O–H groups in total. The van der Waals surface area contributed by atoms with E-state index in [0.29, 0.717) is 12.5 Å². The molecule has 2 aliphatic rings. The molecule has 3 rings (SSSR count). The van der Waals surface area contributed by atoms with E-state index in [2.05, 4.69) is 67.3 Å². The van der Waals surface area contributed by atoms with Crippen molar-refractivity contribution < 1.29 is 0 Å². The van der Waals surface area contributed by atoms with Crippen LogP contribution in [0.3, 0.4) is 0 Å². The first-order valence-corrected chi connectivity index (χ1v) is 10.9. The lowest BCUT2D eigenvalue weighted by atomic mass is 9.75. The molecule has 1 aromatic carbocycles. The zero-order chi connectivity index (χ0) is 21.7. The highest BCUT2D eigenvalue weighted by atomic mass is 15.3. The van der Waals surface area contributed by atoms with Gasteiger partial charge in [-0.25, -0.2) is 0 Å². The predicted molar refractivity (Wildman–Crippen MR) is 125 cm³/mol. The number of piperazine rings is 1. The van der Waals surface area contributed by atoms with Gasteiger partial charge < -0.3 is 9.80 Å². The largest absolute Gasteiger partial charge is 0.369 e. The first kappa shape index (κ1) is 21.9. The molecule has 4 heteroatoms. The SMILES string of the molecule is C=C/C=C1/C(=C)N(C)C(C)CN1C(CC1(c2cccc(CC#N)c2)CCCC1)=NC. The van der Waals surface area contributed by atoms with Crippen LogP contribution in [0.5, 0.6) is 0 Å². The van der Waals surface area contributed by atoms with E-state index in [9.17, 15) is 0 Å². The summed E-state index contributed by atoms with van der Waals surface area (Å²) in [5.41, 5.74) is 4.62. The lowest BCUT2D eigenvalue weighted by molar-refractivity contribution is 0.232. The summed E-state index contributed by atoms with van der Waals surface area (Å²) in [6.07, 6.45) is 10.0. The summed E-state index contributed by atoms with van der Waals surface area (Å²) in [4.78, 5) is 9.36. The fourth-order valence-electron chi connectivity index (χ4n) is 4.95. The topological polar surface area (TPSA) is 42.6 Å². The molecule has 1 saturated heterocycles. The van der Waals surface area contributed by atoms with Crippen LogP contribution in [0.2, 0.25) is 0 Å². The van der Waals surface area contributed by atoms with Crippen LogP contribution in [0.25, 0.3) is 0 Å². The Hall–Kier alpha value is -2.80. The van der Waals surface area contributed by atoms with E-state index in [4.69, 9.17) is 10.3 Å². The second-order valence-electron chi connectivity index (χ2n) is 8.64. The highest BCUT2D eigenvalue weighted by Crippen LogP contribution is 2.45. The molecular formula is C26H34N4. The number of nitriles is 1. The Morgan fingerprint density at radius 3 is 2.73 bits per heavy atom. The van der Waals surface area contributed by atoms with Crippen LogP contribution < -0.4 is 0 Å². The van der Waals surface area contributed by atoms with Gasteiger partial charge in [0.15, 0.2) is 0 Å². The number of benzene rings is 1. The third-order valence-corrected chi connectivity index (χ3v) is 6.85. The van der Waals surface area contributed by atoms with E-state index in [1.165, 1.54) is 18.4 Å². The van der Waals surface area contributed by atoms with Gasteiger partial charge in [0.05, 0.1) is 23.9 Å². The van der Waals surface area contributed by atoms with Gasteiger partial charge in [-0.05, 0) is 37.0 Å². The molecule has 1 atom stereocenters. The van der Waals surface area contributed by atoms with Gasteiger partial charge in [0, 0.05) is 38.5 Å². The quantitative estimate of drug-likeness (QED) is 0.502. The molecule has 0 bridgehead atoms. The van der Waals surface area contributed by atoms with E-state index >= 15 is 0 Å². The van der Waals surface area contributed by atoms with Gasteiger partial charge in [0.2, 0.25) is 0 Å². The van der Waals surface area contributed by atoms with Gasteiger partial charge in [-0.2, -0.15) is 5.26 Å². The summed E-state index contributed by atoms with van der Waals surface area (Å²) in [7, 11) is 4.00. The molecule has 1 heterocycles. The second-order valence-corrected chi connectivity index (χ2v) is 8.64. The van der Waals surface area contributed by atoms with Crippen LogP contribution in [-0.4, -0.2) is 42.3 Å². The molecule has 1 unspecified atom stereocenters. The molecule has 1 aromatic rings. The average molecular weight is 403 g/mol. The van der Waals surface area contributed by atoms with Gasteiger partial charge >= 0.3 is 0 Å². The maximum Gasteiger partial charge on any atom is 0.104 e. The summed E-state index contributed by atoms with van der Waals surface area (Å²) in [6.45, 7) is 11.4. The van der Waals surface area contributed by atoms with Crippen LogP contribution in [-0.2, 0) is 11.8 Å². The number of aliphatic imine (C=N–C) groups is 1. The van der Waals surface area contributed by atoms with E-state index in [-0.39, 0.29) is 5.41 Å². The smallest absolute Gasteiger partial charge is 0.104 e. The second kappa shape index (κ2) is 9.34. The van der Waals surface area contributed by atoms with Crippen molar-refractivity contribution in [2.45, 2.75) is 56.9 Å². The van der Waals surface area contributed by atoms with E-state index in [1.807, 2.05) is 19.2 Å². The van der Waals surface area contributed by atoms with Gasteiger partial charge in [-0.3, -0.25) is 4.99 Å². The molecule has 4 nitrogen and oxygen atoms in total. The van der Waals surface area contributed by atoms with Crippen LogP contribution in [0, 0.1) is 11.3 Å². The molecule has 1 saturated carbocycles. The molecule has 2 fully saturated rings. The molecule has 30 heavy (non-hydrogen) atoms. The minimum absolute atomic E-state index is 0.0769. The summed E-state index contributed by atoms with van der Waals surface area (Å²) in [6, 6.07) is 11.3. The molecule has 158 valence electrons. The fraction of sp³-hybridized carbons (Fsp3) is 0.462. The first-order valence-electron chi connectivity index (χ1n) is 10.9. The molecular weight excluding hydrogens is 368 g/mol. The first-order chi connectivity index (χ1) is 14.5. The average Bonchev–Trinajstić information content (AvgIpc) is 3.23. The Morgan fingerprint density at radius 1 is 1.37 bits per heavy atom. The number of rotatable bonds is 5. The Labute approximate surface area is 181 Å². The van der Waals surface area contributed by atoms with Crippen molar-refractivity contribution in [3.05, 3.63) is 72.1 Å². The zero-order valence-electron chi connectivity index (χ0n) is 18.7. The van der Waals surface area contributed by atoms with Crippen molar-refractivity contribution in [3.63, 3.8) is 0 Å². The van der Waals surface area contributed by atoms with Crippen LogP contribution in [0.4, 0.5) is 0 Å². The fourth-order valence-corrected chi connectivity index (χ4v) is 4.95. The molecule has 0 amide bonds. The monoisotopic (exact) mass is 402 g/mol. The lowest BCUT2D eigenvalue weighted by Crippen LogP contribution is -2.50. The molecule has 0 radical (unpaired) electrons. The van der Waals surface area contributed by atoms with Crippen LogP contribution in [0.1, 0.15) is 50.2 Å². The van der Waals surface area contributed by atoms with Crippen LogP contribution >= 0.6 is 0 Å². The van der Waals surface area contributed by atoms with E-state index in [0.717, 1.165) is 48.6 Å². The number of likely N-dealkylation sites (N-methyl/N-ethyl adjacent to an activating group) is 1. The van der Waals surface area contributed by atoms with Crippen molar-refractivity contribution in [2.24, 2.45) is 4.99 Å². The highest BCUT2D eigenvalue weighted by molar-refractivity contribution is 5.86. The van der Waals surface area contributed by atoms with Crippen molar-refractivity contribution in [1.82, 2.24) is 9.80 Å². The maximum atomic E-state index is 9.14. The van der Waals surface area contributed by atoms with Gasteiger partial charge in [-0.15, -0.1) is 0 Å². The zero-order valence-corrected chi connectivity index (χ0v) is 18.7. The number of nitrogens with zero attached hydrogens (tertiary/aromatic N) is 4. The van der Waals surface area contributed by atoms with Crippen molar-refractivity contribution in [1.29, 1.82) is 5.26 Å². The number of hydrogen-bond acceptors (Lipinski definition) is 3. The van der Waals surface area contributed by atoms with Gasteiger partial charge in [0.25, 0.3) is 0 Å². The number of allylic oxidation sites excluding steroid dienone is 2. The number of amidine groups is 1. The minimum Gasteiger partial charge on any atom is -0.369 e. The Morgan fingerprint density at radius 2 is 2.10 bits per heavy atom. The molecule has 0 aromatic heterocycles. The lowest BCUT2D eigenvalue weighted by Gasteiger charge is -2.45. The highest BCUT2D eigenvalue weighted by Gasteiger charge is 2.39. The summed E-state index contributed by atoms with van der Waals surface area (Å²) in [5.74, 6) is 1.11. The van der Waals surface area contributed by atoms with Gasteiger partial charge in [-0.1, -0.05) is 56.3 Å². The predicted octanol–water partition coefficient (Wildman–Crippen LogP) is 5.20. The van der Waals surface area contributed by atoms with Crippen molar-refractivity contribution >= 4 is 5.84 Å². The molecule has 0 spiro atoms. The van der Waals surface area contributed by atoms with E-state index < -0.39 is 0 Å². The number of hydrogen-bond donors (Lipinski definition) is 0. The van der Waals surface area contributed by atoms with Crippen molar-refractivity contribution in [2.75, 3.05) is 20.6 Å². The Kier molecular flexibility index (Phi) is 6.82. The summed E-state index contributed by atoms with van der Waals surface area (Å²) < 4.78 is 0. The maximum absolute atomic E-state index is 9.14. The van der Waals surface area contributed by atoms with E-state index in [1.54, 1.807) is 0 Å².